The molecule has 0 heterocycles. The summed E-state index contributed by atoms with van der Waals surface area (Å²) in [6, 6.07) is 5.48. The smallest absolute Gasteiger partial charge is 0.187 e. The summed E-state index contributed by atoms with van der Waals surface area (Å²) in [6.07, 6.45) is 1.63. The molecule has 20 heavy (non-hydrogen) atoms. The van der Waals surface area contributed by atoms with Gasteiger partial charge in [-0.1, -0.05) is 0 Å². The van der Waals surface area contributed by atoms with E-state index >= 15 is 0 Å². The number of thiocarbonyl (C=S) groups is 1. The molecule has 1 rings (SSSR count). The van der Waals surface area contributed by atoms with E-state index in [1.165, 1.54) is 0 Å². The largest absolute Gasteiger partial charge is 0.497 e. The van der Waals surface area contributed by atoms with Crippen LogP contribution in [0.25, 0.3) is 0 Å². The fourth-order valence-corrected chi connectivity index (χ4v) is 1.53. The van der Waals surface area contributed by atoms with Gasteiger partial charge in [-0.05, 0) is 24.4 Å². The van der Waals surface area contributed by atoms with E-state index in [2.05, 4.69) is 15.8 Å². The fraction of sp³-hybridized carbons (Fsp3) is 0.385. The molecule has 0 aliphatic carbocycles. The lowest BCUT2D eigenvalue weighted by atomic mass is 10.2. The molecule has 0 fully saturated rings. The van der Waals surface area contributed by atoms with Gasteiger partial charge in [0.1, 0.15) is 11.5 Å². The van der Waals surface area contributed by atoms with Gasteiger partial charge in [-0.2, -0.15) is 5.10 Å². The van der Waals surface area contributed by atoms with E-state index in [-0.39, 0.29) is 0 Å². The van der Waals surface area contributed by atoms with Crippen LogP contribution in [0.5, 0.6) is 11.5 Å². The van der Waals surface area contributed by atoms with Crippen LogP contribution < -0.4 is 20.2 Å². The standard InChI is InChI=1S/C13H19N3O3S/c1-17-5-4-14-13(20)16-15-9-10-6-11(18-2)8-12(7-10)19-3/h6-9H,4-5H2,1-3H3,(H2,14,16,20)/b15-9+. The van der Waals surface area contributed by atoms with Crippen molar-refractivity contribution < 1.29 is 14.2 Å². The number of ether oxygens (including phenoxy) is 3. The van der Waals surface area contributed by atoms with Gasteiger partial charge in [0.05, 0.1) is 27.0 Å². The molecule has 0 spiro atoms. The van der Waals surface area contributed by atoms with Crippen LogP contribution >= 0.6 is 12.2 Å². The molecular weight excluding hydrogens is 278 g/mol. The first-order valence-electron chi connectivity index (χ1n) is 5.98. The molecule has 110 valence electrons. The Labute approximate surface area is 124 Å². The van der Waals surface area contributed by atoms with Crippen molar-refractivity contribution in [3.05, 3.63) is 23.8 Å². The first-order chi connectivity index (χ1) is 9.69. The van der Waals surface area contributed by atoms with Crippen molar-refractivity contribution in [3.63, 3.8) is 0 Å². The third-order valence-corrected chi connectivity index (χ3v) is 2.58. The molecule has 2 N–H and O–H groups in total. The van der Waals surface area contributed by atoms with E-state index < -0.39 is 0 Å². The van der Waals surface area contributed by atoms with Crippen LogP contribution in [0.3, 0.4) is 0 Å². The Bertz CT molecular complexity index is 444. The Morgan fingerprint density at radius 3 is 2.40 bits per heavy atom. The van der Waals surface area contributed by atoms with Crippen LogP contribution in [0.2, 0.25) is 0 Å². The summed E-state index contributed by atoms with van der Waals surface area (Å²) in [5, 5.41) is 7.43. The molecule has 0 aromatic heterocycles. The van der Waals surface area contributed by atoms with Crippen LogP contribution in [0.1, 0.15) is 5.56 Å². The average molecular weight is 297 g/mol. The highest BCUT2D eigenvalue weighted by molar-refractivity contribution is 7.80. The Morgan fingerprint density at radius 2 is 1.85 bits per heavy atom. The zero-order valence-corrected chi connectivity index (χ0v) is 12.6. The summed E-state index contributed by atoms with van der Waals surface area (Å²) in [6.45, 7) is 1.21. The van der Waals surface area contributed by atoms with Crippen molar-refractivity contribution >= 4 is 23.5 Å². The number of rotatable bonds is 7. The summed E-state index contributed by atoms with van der Waals surface area (Å²) in [5.41, 5.74) is 3.56. The molecule has 0 unspecified atom stereocenters. The van der Waals surface area contributed by atoms with Crippen LogP contribution in [0, 0.1) is 0 Å². The van der Waals surface area contributed by atoms with Gasteiger partial charge in [-0.3, -0.25) is 5.43 Å². The van der Waals surface area contributed by atoms with Gasteiger partial charge in [0, 0.05) is 25.3 Å². The van der Waals surface area contributed by atoms with Gasteiger partial charge in [-0.25, -0.2) is 0 Å². The molecule has 0 saturated heterocycles. The highest BCUT2D eigenvalue weighted by Gasteiger charge is 2.00. The maximum Gasteiger partial charge on any atom is 0.187 e. The number of methoxy groups -OCH3 is 3. The quantitative estimate of drug-likeness (QED) is 0.341. The number of hydrogen-bond donors (Lipinski definition) is 2. The van der Waals surface area contributed by atoms with E-state index in [0.717, 1.165) is 5.56 Å². The van der Waals surface area contributed by atoms with Crippen LogP contribution in [-0.4, -0.2) is 45.8 Å². The van der Waals surface area contributed by atoms with E-state index in [0.29, 0.717) is 29.8 Å². The van der Waals surface area contributed by atoms with E-state index in [1.807, 2.05) is 12.1 Å². The predicted molar refractivity (Wildman–Crippen MR) is 82.8 cm³/mol. The summed E-state index contributed by atoms with van der Waals surface area (Å²) < 4.78 is 15.3. The van der Waals surface area contributed by atoms with Gasteiger partial charge >= 0.3 is 0 Å². The molecule has 0 amide bonds. The van der Waals surface area contributed by atoms with Crippen LogP contribution in [0.15, 0.2) is 23.3 Å². The van der Waals surface area contributed by atoms with Crippen molar-refractivity contribution in [1.29, 1.82) is 0 Å². The number of nitrogens with zero attached hydrogens (tertiary/aromatic N) is 1. The first-order valence-corrected chi connectivity index (χ1v) is 6.39. The predicted octanol–water partition coefficient (Wildman–Crippen LogP) is 1.15. The number of hydrogen-bond acceptors (Lipinski definition) is 5. The lowest BCUT2D eigenvalue weighted by Crippen LogP contribution is -2.34. The van der Waals surface area contributed by atoms with E-state index in [4.69, 9.17) is 26.4 Å². The Morgan fingerprint density at radius 1 is 1.20 bits per heavy atom. The summed E-state index contributed by atoms with van der Waals surface area (Å²) in [5.74, 6) is 1.40. The van der Waals surface area contributed by atoms with Gasteiger partial charge in [0.25, 0.3) is 0 Å². The molecule has 0 radical (unpaired) electrons. The second kappa shape index (κ2) is 9.11. The van der Waals surface area contributed by atoms with Crippen molar-refractivity contribution in [2.75, 3.05) is 34.5 Å². The molecule has 0 saturated carbocycles. The summed E-state index contributed by atoms with van der Waals surface area (Å²) in [7, 11) is 4.83. The lowest BCUT2D eigenvalue weighted by Gasteiger charge is -2.07. The third kappa shape index (κ3) is 5.85. The highest BCUT2D eigenvalue weighted by atomic mass is 32.1. The molecule has 0 aliphatic heterocycles. The molecule has 0 bridgehead atoms. The maximum absolute atomic E-state index is 5.18. The molecular formula is C13H19N3O3S. The molecule has 0 aliphatic rings. The van der Waals surface area contributed by atoms with Crippen molar-refractivity contribution in [2.24, 2.45) is 5.10 Å². The topological polar surface area (TPSA) is 64.1 Å². The Balaban J connectivity index is 2.54. The Hall–Kier alpha value is -1.86. The van der Waals surface area contributed by atoms with E-state index in [1.54, 1.807) is 33.6 Å². The zero-order valence-electron chi connectivity index (χ0n) is 11.8. The van der Waals surface area contributed by atoms with Crippen molar-refractivity contribution in [2.45, 2.75) is 0 Å². The number of hydrazone groups is 1. The Kier molecular flexibility index (Phi) is 7.38. The molecule has 0 atom stereocenters. The minimum atomic E-state index is 0.438. The average Bonchev–Trinajstić information content (AvgIpc) is 2.47. The number of benzene rings is 1. The number of nitrogens with one attached hydrogen (secondary N) is 2. The minimum absolute atomic E-state index is 0.438. The maximum atomic E-state index is 5.18. The minimum Gasteiger partial charge on any atom is -0.497 e. The molecule has 7 heteroatoms. The van der Waals surface area contributed by atoms with E-state index in [9.17, 15) is 0 Å². The normalized spacial score (nSPS) is 10.3. The second-order valence-corrected chi connectivity index (χ2v) is 4.17. The molecule has 1 aromatic rings. The molecule has 1 aromatic carbocycles. The molecule has 6 nitrogen and oxygen atoms in total. The summed E-state index contributed by atoms with van der Waals surface area (Å²) >= 11 is 5.04. The van der Waals surface area contributed by atoms with Crippen molar-refractivity contribution in [1.82, 2.24) is 10.7 Å². The van der Waals surface area contributed by atoms with Gasteiger partial charge in [0.15, 0.2) is 5.11 Å². The van der Waals surface area contributed by atoms with Crippen LogP contribution in [0.4, 0.5) is 0 Å². The first kappa shape index (κ1) is 16.2. The van der Waals surface area contributed by atoms with Gasteiger partial charge in [-0.15, -0.1) is 0 Å². The monoisotopic (exact) mass is 297 g/mol. The SMILES string of the molecule is COCCNC(=S)N/N=C/c1cc(OC)cc(OC)c1. The second-order valence-electron chi connectivity index (χ2n) is 3.76. The van der Waals surface area contributed by atoms with Crippen molar-refractivity contribution in [3.8, 4) is 11.5 Å². The zero-order chi connectivity index (χ0) is 14.8. The van der Waals surface area contributed by atoms with Crippen LogP contribution in [-0.2, 0) is 4.74 Å². The fourth-order valence-electron chi connectivity index (χ4n) is 1.38. The lowest BCUT2D eigenvalue weighted by molar-refractivity contribution is 0.204. The van der Waals surface area contributed by atoms with Gasteiger partial charge < -0.3 is 19.5 Å². The van der Waals surface area contributed by atoms with Gasteiger partial charge in [0.2, 0.25) is 0 Å². The third-order valence-electron chi connectivity index (χ3n) is 2.35. The summed E-state index contributed by atoms with van der Waals surface area (Å²) in [4.78, 5) is 0. The highest BCUT2D eigenvalue weighted by Crippen LogP contribution is 2.21.